The molecule has 0 radical (unpaired) electrons. The van der Waals surface area contributed by atoms with Gasteiger partial charge in [0.25, 0.3) is 0 Å². The summed E-state index contributed by atoms with van der Waals surface area (Å²) in [7, 11) is 0. The van der Waals surface area contributed by atoms with Crippen LogP contribution >= 0.6 is 11.8 Å². The summed E-state index contributed by atoms with van der Waals surface area (Å²) in [6.07, 6.45) is 1.97. The van der Waals surface area contributed by atoms with Gasteiger partial charge in [0.15, 0.2) is 5.65 Å². The highest BCUT2D eigenvalue weighted by Gasteiger charge is 2.09. The second-order valence-corrected chi connectivity index (χ2v) is 4.17. The van der Waals surface area contributed by atoms with E-state index >= 15 is 0 Å². The molecule has 2 rings (SSSR count). The predicted octanol–water partition coefficient (Wildman–Crippen LogP) is 1.95. The Bertz CT molecular complexity index is 519. The minimum atomic E-state index is 0.282. The first kappa shape index (κ1) is 10.2. The summed E-state index contributed by atoms with van der Waals surface area (Å²) in [6.45, 7) is 3.99. The van der Waals surface area contributed by atoms with Crippen molar-refractivity contribution in [2.45, 2.75) is 18.9 Å². The van der Waals surface area contributed by atoms with Crippen LogP contribution in [0.25, 0.3) is 11.0 Å². The van der Waals surface area contributed by atoms with Crippen LogP contribution in [0.4, 0.5) is 5.95 Å². The Labute approximate surface area is 92.3 Å². The Kier molecular flexibility index (Phi) is 2.48. The minimum absolute atomic E-state index is 0.282. The molecule has 2 aromatic rings. The number of fused-ring (bicyclic) bond motifs is 1. The van der Waals surface area contributed by atoms with Crippen LogP contribution in [0, 0.1) is 13.8 Å². The highest BCUT2D eigenvalue weighted by atomic mass is 32.2. The number of aromatic nitrogens is 3. The van der Waals surface area contributed by atoms with Gasteiger partial charge in [-0.1, -0.05) is 0 Å². The number of nitrogens with two attached hydrogens (primary N) is 1. The van der Waals surface area contributed by atoms with Crippen LogP contribution in [0.1, 0.15) is 11.3 Å². The number of hydrogen-bond donors (Lipinski definition) is 1. The molecule has 0 aliphatic rings. The normalized spacial score (nSPS) is 10.9. The first-order chi connectivity index (χ1) is 7.11. The lowest BCUT2D eigenvalue weighted by Crippen LogP contribution is -2.00. The van der Waals surface area contributed by atoms with Gasteiger partial charge in [-0.05, 0) is 31.7 Å². The maximum Gasteiger partial charge on any atom is 0.223 e. The molecule has 0 bridgehead atoms. The lowest BCUT2D eigenvalue weighted by molar-refractivity contribution is 1.08. The third-order valence-corrected chi connectivity index (χ3v) is 2.85. The molecular weight excluding hydrogens is 208 g/mol. The fourth-order valence-corrected chi connectivity index (χ4v) is 2.24. The first-order valence-electron chi connectivity index (χ1n) is 4.57. The zero-order chi connectivity index (χ0) is 11.0. The molecule has 2 aromatic heterocycles. The van der Waals surface area contributed by atoms with E-state index in [1.54, 1.807) is 11.8 Å². The largest absolute Gasteiger partial charge is 0.368 e. The molecule has 0 fully saturated rings. The summed E-state index contributed by atoms with van der Waals surface area (Å²) < 4.78 is 0. The SMILES string of the molecule is CSc1nc(N)nc2nc(C)cc(C)c12. The zero-order valence-corrected chi connectivity index (χ0v) is 9.72. The summed E-state index contributed by atoms with van der Waals surface area (Å²) in [4.78, 5) is 12.7. The molecule has 0 aliphatic heterocycles. The van der Waals surface area contributed by atoms with Crippen molar-refractivity contribution >= 4 is 28.7 Å². The first-order valence-corrected chi connectivity index (χ1v) is 5.79. The molecular formula is C10H12N4S. The topological polar surface area (TPSA) is 64.7 Å². The molecule has 2 N–H and O–H groups in total. The minimum Gasteiger partial charge on any atom is -0.368 e. The lowest BCUT2D eigenvalue weighted by atomic mass is 10.2. The van der Waals surface area contributed by atoms with Crippen molar-refractivity contribution in [3.05, 3.63) is 17.3 Å². The molecule has 5 heteroatoms. The zero-order valence-electron chi connectivity index (χ0n) is 8.90. The van der Waals surface area contributed by atoms with Gasteiger partial charge >= 0.3 is 0 Å². The molecule has 0 amide bonds. The number of nitrogen functional groups attached to an aromatic ring is 1. The van der Waals surface area contributed by atoms with Gasteiger partial charge in [0.05, 0.1) is 5.39 Å². The van der Waals surface area contributed by atoms with E-state index < -0.39 is 0 Å². The molecule has 0 saturated carbocycles. The van der Waals surface area contributed by atoms with E-state index in [-0.39, 0.29) is 5.95 Å². The number of pyridine rings is 1. The van der Waals surface area contributed by atoms with E-state index in [0.29, 0.717) is 5.65 Å². The van der Waals surface area contributed by atoms with Crippen LogP contribution in [0.15, 0.2) is 11.1 Å². The van der Waals surface area contributed by atoms with E-state index in [0.717, 1.165) is 21.7 Å². The number of hydrogen-bond acceptors (Lipinski definition) is 5. The Morgan fingerprint density at radius 1 is 1.20 bits per heavy atom. The second-order valence-electron chi connectivity index (χ2n) is 3.37. The third-order valence-electron chi connectivity index (χ3n) is 2.17. The second kappa shape index (κ2) is 3.66. The average molecular weight is 220 g/mol. The fraction of sp³-hybridized carbons (Fsp3) is 0.300. The molecule has 0 saturated heterocycles. The third kappa shape index (κ3) is 1.74. The predicted molar refractivity (Wildman–Crippen MR) is 63.0 cm³/mol. The Morgan fingerprint density at radius 3 is 2.60 bits per heavy atom. The Balaban J connectivity index is 2.90. The van der Waals surface area contributed by atoms with Crippen molar-refractivity contribution in [1.82, 2.24) is 15.0 Å². The quantitative estimate of drug-likeness (QED) is 0.587. The van der Waals surface area contributed by atoms with Crippen LogP contribution in [-0.2, 0) is 0 Å². The van der Waals surface area contributed by atoms with Gasteiger partial charge in [0.2, 0.25) is 5.95 Å². The molecule has 15 heavy (non-hydrogen) atoms. The van der Waals surface area contributed by atoms with Crippen LogP contribution < -0.4 is 5.73 Å². The van der Waals surface area contributed by atoms with E-state index in [9.17, 15) is 0 Å². The van der Waals surface area contributed by atoms with Crippen molar-refractivity contribution in [3.8, 4) is 0 Å². The Morgan fingerprint density at radius 2 is 1.93 bits per heavy atom. The van der Waals surface area contributed by atoms with Crippen LogP contribution in [0.3, 0.4) is 0 Å². The van der Waals surface area contributed by atoms with Crippen molar-refractivity contribution in [3.63, 3.8) is 0 Å². The number of aryl methyl sites for hydroxylation is 2. The lowest BCUT2D eigenvalue weighted by Gasteiger charge is -2.07. The summed E-state index contributed by atoms with van der Waals surface area (Å²) >= 11 is 1.56. The van der Waals surface area contributed by atoms with Gasteiger partial charge in [-0.3, -0.25) is 0 Å². The van der Waals surface area contributed by atoms with Gasteiger partial charge in [-0.15, -0.1) is 11.8 Å². The highest BCUT2D eigenvalue weighted by molar-refractivity contribution is 7.98. The summed E-state index contributed by atoms with van der Waals surface area (Å²) in [5, 5.41) is 1.89. The van der Waals surface area contributed by atoms with Crippen molar-refractivity contribution in [1.29, 1.82) is 0 Å². The van der Waals surface area contributed by atoms with E-state index in [1.807, 2.05) is 26.2 Å². The number of rotatable bonds is 1. The molecule has 4 nitrogen and oxygen atoms in total. The van der Waals surface area contributed by atoms with Gasteiger partial charge in [-0.25, -0.2) is 9.97 Å². The number of nitrogens with zero attached hydrogens (tertiary/aromatic N) is 3. The maximum atomic E-state index is 5.62. The van der Waals surface area contributed by atoms with Crippen LogP contribution in [-0.4, -0.2) is 21.2 Å². The molecule has 2 heterocycles. The molecule has 0 spiro atoms. The standard InChI is InChI=1S/C10H12N4S/c1-5-4-6(2)12-8-7(5)9(15-3)14-10(11)13-8/h4H,1-3H3,(H2,11,12,13,14). The van der Waals surface area contributed by atoms with E-state index in [1.165, 1.54) is 0 Å². The van der Waals surface area contributed by atoms with Gasteiger partial charge in [0, 0.05) is 5.69 Å². The highest BCUT2D eigenvalue weighted by Crippen LogP contribution is 2.26. The Hall–Kier alpha value is -1.36. The van der Waals surface area contributed by atoms with Gasteiger partial charge in [-0.2, -0.15) is 4.98 Å². The van der Waals surface area contributed by atoms with E-state index in [2.05, 4.69) is 15.0 Å². The smallest absolute Gasteiger partial charge is 0.223 e. The van der Waals surface area contributed by atoms with Crippen molar-refractivity contribution in [2.75, 3.05) is 12.0 Å². The van der Waals surface area contributed by atoms with Crippen LogP contribution in [0.5, 0.6) is 0 Å². The fourth-order valence-electron chi connectivity index (χ4n) is 1.60. The molecule has 0 aliphatic carbocycles. The maximum absolute atomic E-state index is 5.62. The summed E-state index contributed by atoms with van der Waals surface area (Å²) in [5.41, 5.74) is 8.40. The van der Waals surface area contributed by atoms with Crippen LogP contribution in [0.2, 0.25) is 0 Å². The van der Waals surface area contributed by atoms with Gasteiger partial charge in [0.1, 0.15) is 5.03 Å². The number of thioether (sulfide) groups is 1. The summed E-state index contributed by atoms with van der Waals surface area (Å²) in [5.74, 6) is 0.282. The monoisotopic (exact) mass is 220 g/mol. The van der Waals surface area contributed by atoms with Crippen molar-refractivity contribution in [2.24, 2.45) is 0 Å². The molecule has 78 valence electrons. The molecule has 0 atom stereocenters. The molecule has 0 unspecified atom stereocenters. The van der Waals surface area contributed by atoms with Gasteiger partial charge < -0.3 is 5.73 Å². The molecule has 0 aromatic carbocycles. The van der Waals surface area contributed by atoms with E-state index in [4.69, 9.17) is 5.73 Å². The average Bonchev–Trinajstić information content (AvgIpc) is 2.14. The number of anilines is 1. The van der Waals surface area contributed by atoms with Crippen molar-refractivity contribution < 1.29 is 0 Å². The summed E-state index contributed by atoms with van der Waals surface area (Å²) in [6, 6.07) is 2.03.